The third-order valence-electron chi connectivity index (χ3n) is 8.77. The van der Waals surface area contributed by atoms with Crippen molar-refractivity contribution >= 4 is 23.6 Å². The van der Waals surface area contributed by atoms with Gasteiger partial charge in [-0.1, -0.05) is 12.5 Å². The molecule has 3 aromatic rings. The zero-order chi connectivity index (χ0) is 33.4. The highest BCUT2D eigenvalue weighted by Gasteiger charge is 2.49. The van der Waals surface area contributed by atoms with E-state index in [0.717, 1.165) is 41.5 Å². The Labute approximate surface area is 271 Å². The minimum absolute atomic E-state index is 0.0346. The fourth-order valence-corrected chi connectivity index (χ4v) is 6.60. The highest BCUT2D eigenvalue weighted by molar-refractivity contribution is 5.98. The van der Waals surface area contributed by atoms with Crippen LogP contribution >= 0.6 is 0 Å². The lowest BCUT2D eigenvalue weighted by molar-refractivity contribution is 0.0482. The van der Waals surface area contributed by atoms with Crippen molar-refractivity contribution in [3.05, 3.63) is 76.2 Å². The van der Waals surface area contributed by atoms with Crippen molar-refractivity contribution in [2.45, 2.75) is 84.0 Å². The lowest BCUT2D eigenvalue weighted by Crippen LogP contribution is -2.54. The molecule has 1 aliphatic heterocycles. The average molecular weight is 628 g/mol. The van der Waals surface area contributed by atoms with Crippen LogP contribution in [0.2, 0.25) is 0 Å². The van der Waals surface area contributed by atoms with Gasteiger partial charge in [-0.2, -0.15) is 0 Å². The summed E-state index contributed by atoms with van der Waals surface area (Å²) in [4.78, 5) is 45.4. The largest absolute Gasteiger partial charge is 0.505 e. The van der Waals surface area contributed by atoms with Crippen LogP contribution in [0.5, 0.6) is 5.75 Å². The Morgan fingerprint density at radius 1 is 1.17 bits per heavy atom. The number of amides is 2. The molecule has 1 unspecified atom stereocenters. The van der Waals surface area contributed by atoms with Gasteiger partial charge in [-0.15, -0.1) is 0 Å². The number of hydrogen-bond acceptors (Lipinski definition) is 7. The van der Waals surface area contributed by atoms with E-state index in [1.807, 2.05) is 70.4 Å². The molecule has 2 amide bonds. The zero-order valence-corrected chi connectivity index (χ0v) is 28.3. The summed E-state index contributed by atoms with van der Waals surface area (Å²) in [6.07, 6.45) is 7.68. The monoisotopic (exact) mass is 627 g/mol. The maximum atomic E-state index is 14.5. The van der Waals surface area contributed by atoms with E-state index in [1.54, 1.807) is 19.3 Å². The number of anilines is 1. The number of carbonyl (C=O) groups excluding carboxylic acids is 2. The molecule has 2 aliphatic rings. The number of nitrogens with zero attached hydrogens (tertiary/aromatic N) is 7. The quantitative estimate of drug-likeness (QED) is 0.255. The van der Waals surface area contributed by atoms with Crippen LogP contribution in [0.4, 0.5) is 16.4 Å². The number of hydrogen-bond donors (Lipinski definition) is 0. The van der Waals surface area contributed by atoms with Crippen molar-refractivity contribution in [3.63, 3.8) is 0 Å². The van der Waals surface area contributed by atoms with Crippen LogP contribution in [0.3, 0.4) is 0 Å². The maximum Gasteiger partial charge on any atom is 0.416 e. The van der Waals surface area contributed by atoms with Gasteiger partial charge in [0.15, 0.2) is 0 Å². The lowest BCUT2D eigenvalue weighted by Gasteiger charge is -2.52. The second-order valence-electron chi connectivity index (χ2n) is 13.7. The highest BCUT2D eigenvalue weighted by atomic mass is 16.6. The van der Waals surface area contributed by atoms with Gasteiger partial charge in [-0.05, 0) is 90.4 Å². The Hall–Kier alpha value is -4.43. The minimum Gasteiger partial charge on any atom is -0.505 e. The van der Waals surface area contributed by atoms with Gasteiger partial charge in [-0.25, -0.2) is 14.6 Å². The summed E-state index contributed by atoms with van der Waals surface area (Å²) in [5, 5.41) is 0. The molecule has 1 fully saturated rings. The first-order chi connectivity index (χ1) is 21.8. The van der Waals surface area contributed by atoms with Gasteiger partial charge in [0.1, 0.15) is 11.4 Å². The van der Waals surface area contributed by atoms with Crippen LogP contribution in [0.1, 0.15) is 92.7 Å². The molecule has 1 aromatic carbocycles. The fraction of sp³-hybridized carbons (Fsp3) is 0.514. The second-order valence-corrected chi connectivity index (χ2v) is 13.7. The van der Waals surface area contributed by atoms with E-state index in [9.17, 15) is 9.59 Å². The second kappa shape index (κ2) is 12.8. The predicted octanol–water partition coefficient (Wildman–Crippen LogP) is 6.35. The molecule has 2 aromatic heterocycles. The summed E-state index contributed by atoms with van der Waals surface area (Å²) in [7, 11) is 5.74. The van der Waals surface area contributed by atoms with E-state index in [1.165, 1.54) is 11.1 Å². The molecule has 0 saturated heterocycles. The van der Waals surface area contributed by atoms with Crippen LogP contribution < -0.4 is 9.64 Å². The van der Waals surface area contributed by atoms with Gasteiger partial charge >= 0.3 is 6.09 Å². The van der Waals surface area contributed by atoms with Gasteiger partial charge in [0.25, 0.3) is 5.91 Å². The van der Waals surface area contributed by atoms with Crippen molar-refractivity contribution in [1.82, 2.24) is 24.3 Å². The topological polar surface area (TPSA) is 97.4 Å². The molecule has 0 bridgehead atoms. The van der Waals surface area contributed by atoms with E-state index in [-0.39, 0.29) is 17.4 Å². The van der Waals surface area contributed by atoms with Crippen molar-refractivity contribution in [3.8, 4) is 5.75 Å². The Balaban J connectivity index is 1.54. The average Bonchev–Trinajstić information content (AvgIpc) is 3.43. The third kappa shape index (κ3) is 6.44. The van der Waals surface area contributed by atoms with Crippen LogP contribution in [0, 0.1) is 6.57 Å². The van der Waals surface area contributed by atoms with Crippen LogP contribution in [0.25, 0.3) is 4.85 Å². The Morgan fingerprint density at radius 2 is 1.91 bits per heavy atom. The standard InChI is InChI=1S/C35H45N7O4/c1-10-45-29-18-27(38-19-28(29)36-6)23(2)42-22-35(12-11-13-35)30-25(21-39(7)8)16-24(17-26(30)31(42)43)20-41-15-14-37-32(41)40(9)33(44)46-34(3,4)5/h14-19,23H,10-13,20-22H2,1-5,7-9H3. The van der Waals surface area contributed by atoms with Crippen molar-refractivity contribution in [2.75, 3.05) is 39.2 Å². The minimum atomic E-state index is -0.637. The molecular weight excluding hydrogens is 582 g/mol. The van der Waals surface area contributed by atoms with Gasteiger partial charge in [0.2, 0.25) is 11.6 Å². The van der Waals surface area contributed by atoms with E-state index in [0.29, 0.717) is 49.3 Å². The van der Waals surface area contributed by atoms with Crippen LogP contribution in [0.15, 0.2) is 36.8 Å². The third-order valence-corrected chi connectivity index (χ3v) is 8.77. The first-order valence-electron chi connectivity index (χ1n) is 15.9. The molecule has 0 radical (unpaired) electrons. The number of pyridine rings is 1. The summed E-state index contributed by atoms with van der Waals surface area (Å²) in [5.74, 6) is 0.908. The number of aromatic nitrogens is 3. The molecule has 46 heavy (non-hydrogen) atoms. The summed E-state index contributed by atoms with van der Waals surface area (Å²) < 4.78 is 13.2. The number of rotatable bonds is 9. The summed E-state index contributed by atoms with van der Waals surface area (Å²) >= 11 is 0. The normalized spacial score (nSPS) is 16.1. The first-order valence-corrected chi connectivity index (χ1v) is 15.9. The molecule has 11 heteroatoms. The van der Waals surface area contributed by atoms with Crippen molar-refractivity contribution < 1.29 is 19.1 Å². The molecule has 3 heterocycles. The Kier molecular flexibility index (Phi) is 9.14. The predicted molar refractivity (Wildman–Crippen MR) is 176 cm³/mol. The molecule has 1 spiro atoms. The maximum absolute atomic E-state index is 14.5. The summed E-state index contributed by atoms with van der Waals surface area (Å²) in [5.41, 5.74) is 4.27. The number of ether oxygens (including phenoxy) is 2. The molecule has 244 valence electrons. The highest BCUT2D eigenvalue weighted by Crippen LogP contribution is 2.51. The van der Waals surface area contributed by atoms with Gasteiger partial charge in [-0.3, -0.25) is 14.7 Å². The van der Waals surface area contributed by atoms with Crippen molar-refractivity contribution in [2.24, 2.45) is 0 Å². The van der Waals surface area contributed by atoms with Gasteiger partial charge < -0.3 is 23.8 Å². The lowest BCUT2D eigenvalue weighted by atomic mass is 9.60. The Morgan fingerprint density at radius 3 is 2.52 bits per heavy atom. The van der Waals surface area contributed by atoms with E-state index >= 15 is 0 Å². The van der Waals surface area contributed by atoms with Crippen LogP contribution in [-0.4, -0.2) is 76.2 Å². The van der Waals surface area contributed by atoms with E-state index in [2.05, 4.69) is 25.8 Å². The van der Waals surface area contributed by atoms with Crippen molar-refractivity contribution in [1.29, 1.82) is 0 Å². The Bertz CT molecular complexity index is 1660. The first kappa shape index (κ1) is 32.9. The van der Waals surface area contributed by atoms with Crippen LogP contribution in [-0.2, 0) is 23.2 Å². The molecule has 5 rings (SSSR count). The smallest absolute Gasteiger partial charge is 0.416 e. The number of imidazole rings is 1. The van der Waals surface area contributed by atoms with Gasteiger partial charge in [0, 0.05) is 49.7 Å². The van der Waals surface area contributed by atoms with E-state index in [4.69, 9.17) is 16.0 Å². The van der Waals surface area contributed by atoms with Gasteiger partial charge in [0.05, 0.1) is 31.5 Å². The number of benzene rings is 1. The number of fused-ring (bicyclic) bond motifs is 2. The molecular formula is C35H45N7O4. The number of carbonyl (C=O) groups is 2. The summed E-state index contributed by atoms with van der Waals surface area (Å²) in [6.45, 7) is 19.0. The fourth-order valence-electron chi connectivity index (χ4n) is 6.60. The summed E-state index contributed by atoms with van der Waals surface area (Å²) in [6, 6.07) is 5.71. The van der Waals surface area contributed by atoms with E-state index < -0.39 is 11.7 Å². The zero-order valence-electron chi connectivity index (χ0n) is 28.3. The molecule has 1 atom stereocenters. The molecule has 1 aliphatic carbocycles. The molecule has 1 saturated carbocycles. The molecule has 0 N–H and O–H groups in total. The molecule has 11 nitrogen and oxygen atoms in total. The SMILES string of the molecule is [C-]#[N+]c1cnc(C(C)N2CC3(CCC3)c3c(CN(C)C)cc(Cn4ccnc4N(C)C(=O)OC(C)(C)C)cc3C2=O)cc1OCC.